The van der Waals surface area contributed by atoms with Crippen molar-refractivity contribution >= 4 is 75.4 Å². The van der Waals surface area contributed by atoms with Gasteiger partial charge < -0.3 is 10.0 Å². The number of amides is 4. The lowest BCUT2D eigenvalue weighted by molar-refractivity contribution is -0.139. The maximum absolute atomic E-state index is 15.3. The van der Waals surface area contributed by atoms with Crippen LogP contribution in [0, 0.1) is 23.7 Å². The van der Waals surface area contributed by atoms with Crippen molar-refractivity contribution in [3.8, 4) is 5.75 Å². The Morgan fingerprint density at radius 2 is 1.46 bits per heavy atom. The molecular weight excluding hydrogens is 858 g/mol. The molecule has 0 bridgehead atoms. The molecular formula is C46H36Cl2F3N7O5. The fourth-order valence-electron chi connectivity index (χ4n) is 9.68. The van der Waals surface area contributed by atoms with Crippen LogP contribution < -0.4 is 15.2 Å². The fourth-order valence-corrected chi connectivity index (χ4v) is 10.0. The predicted molar refractivity (Wildman–Crippen MR) is 229 cm³/mol. The molecule has 2 N–H and O–H groups in total. The van der Waals surface area contributed by atoms with E-state index in [2.05, 4.69) is 20.6 Å². The number of hydrazine groups is 1. The van der Waals surface area contributed by atoms with Crippen LogP contribution in [-0.2, 0) is 30.8 Å². The van der Waals surface area contributed by atoms with E-state index in [1.165, 1.54) is 12.1 Å². The molecule has 9 rings (SSSR count). The molecule has 1 saturated carbocycles. The van der Waals surface area contributed by atoms with E-state index in [1.54, 1.807) is 60.7 Å². The van der Waals surface area contributed by atoms with E-state index in [9.17, 15) is 32.7 Å². The lowest BCUT2D eigenvalue weighted by Crippen LogP contribution is -2.53. The topological polar surface area (TPSA) is 148 Å². The summed E-state index contributed by atoms with van der Waals surface area (Å²) in [6, 6.07) is 27.4. The summed E-state index contributed by atoms with van der Waals surface area (Å²) in [5.41, 5.74) is 3.84. The van der Waals surface area contributed by atoms with Gasteiger partial charge in [0.1, 0.15) is 5.75 Å². The van der Waals surface area contributed by atoms with Gasteiger partial charge in [-0.2, -0.15) is 28.4 Å². The summed E-state index contributed by atoms with van der Waals surface area (Å²) in [5.74, 6) is -7.34. The zero-order chi connectivity index (χ0) is 44.5. The monoisotopic (exact) mass is 893 g/mol. The zero-order valence-corrected chi connectivity index (χ0v) is 34.9. The van der Waals surface area contributed by atoms with E-state index in [0.29, 0.717) is 51.0 Å². The molecule has 320 valence electrons. The third-order valence-corrected chi connectivity index (χ3v) is 13.1. The zero-order valence-electron chi connectivity index (χ0n) is 33.4. The molecule has 4 aromatic carbocycles. The first kappa shape index (κ1) is 41.8. The fraction of sp³-hybridized carbons (Fsp3) is 0.239. The Morgan fingerprint density at radius 3 is 2.06 bits per heavy atom. The molecule has 4 aliphatic rings. The average Bonchev–Trinajstić information content (AvgIpc) is 3.64. The molecule has 63 heavy (non-hydrogen) atoms. The van der Waals surface area contributed by atoms with E-state index in [0.717, 1.165) is 15.6 Å². The van der Waals surface area contributed by atoms with Crippen LogP contribution in [0.1, 0.15) is 35.4 Å². The van der Waals surface area contributed by atoms with Crippen LogP contribution >= 0.6 is 23.2 Å². The van der Waals surface area contributed by atoms with Crippen molar-refractivity contribution in [3.63, 3.8) is 0 Å². The van der Waals surface area contributed by atoms with Gasteiger partial charge in [0.15, 0.2) is 5.82 Å². The van der Waals surface area contributed by atoms with Crippen molar-refractivity contribution < 1.29 is 37.5 Å². The molecule has 3 heterocycles. The molecule has 2 aliphatic carbocycles. The SMILES string of the molecule is CN(C)c1ccc(N=Nc2ccc(N3C(=O)[C@H]4[C@H](CC=C5[C@H]4C[C@H]4C(=O)N(Nc6ncc(C(F)(F)F)cc6Cl)C(=O)[C@@]4(c4ccc(Cl)cc4)[C@H]5c4ccc(O)cc4)C3=O)cc2)cc1. The van der Waals surface area contributed by atoms with Crippen LogP contribution in [0.2, 0.25) is 10.0 Å². The number of fused-ring (bicyclic) bond motifs is 4. The number of anilines is 3. The van der Waals surface area contributed by atoms with Gasteiger partial charge >= 0.3 is 6.18 Å². The van der Waals surface area contributed by atoms with Crippen molar-refractivity contribution in [2.45, 2.75) is 30.4 Å². The Kier molecular flexibility index (Phi) is 10.4. The first-order chi connectivity index (χ1) is 30.1. The number of hydrogen-bond acceptors (Lipinski definition) is 10. The van der Waals surface area contributed by atoms with Crippen molar-refractivity contribution in [2.75, 3.05) is 29.3 Å². The number of hydrogen-bond donors (Lipinski definition) is 2. The van der Waals surface area contributed by atoms with Crippen LogP contribution in [0.15, 0.2) is 131 Å². The first-order valence-electron chi connectivity index (χ1n) is 19.9. The number of carbonyl (C=O) groups excluding carboxylic acids is 4. The third-order valence-electron chi connectivity index (χ3n) is 12.5. The van der Waals surface area contributed by atoms with Crippen molar-refractivity contribution in [1.29, 1.82) is 0 Å². The summed E-state index contributed by atoms with van der Waals surface area (Å²) in [6.45, 7) is 0. The van der Waals surface area contributed by atoms with Crippen LogP contribution in [-0.4, -0.2) is 52.8 Å². The number of azo groups is 1. The highest BCUT2D eigenvalue weighted by Crippen LogP contribution is 2.64. The summed E-state index contributed by atoms with van der Waals surface area (Å²) in [7, 11) is 3.87. The van der Waals surface area contributed by atoms with Crippen molar-refractivity contribution in [2.24, 2.45) is 33.9 Å². The lowest BCUT2D eigenvalue weighted by Gasteiger charge is -2.50. The van der Waals surface area contributed by atoms with E-state index >= 15 is 4.79 Å². The largest absolute Gasteiger partial charge is 0.508 e. The highest BCUT2D eigenvalue weighted by Gasteiger charge is 2.70. The van der Waals surface area contributed by atoms with E-state index in [4.69, 9.17) is 23.2 Å². The quantitative estimate of drug-likeness (QED) is 0.0889. The van der Waals surface area contributed by atoms with Crippen LogP contribution in [0.3, 0.4) is 0 Å². The molecule has 6 atom stereocenters. The molecule has 4 amide bonds. The summed E-state index contributed by atoms with van der Waals surface area (Å²) in [6.07, 6.45) is -2.24. The first-order valence-corrected chi connectivity index (χ1v) is 20.6. The van der Waals surface area contributed by atoms with Gasteiger partial charge in [-0.25, -0.2) is 4.98 Å². The normalized spacial score (nSPS) is 24.4. The van der Waals surface area contributed by atoms with Gasteiger partial charge in [0.05, 0.1) is 50.8 Å². The number of phenolic OH excluding ortho intramolecular Hbond substituents is 1. The molecule has 12 nitrogen and oxygen atoms in total. The Morgan fingerprint density at radius 1 is 0.825 bits per heavy atom. The van der Waals surface area contributed by atoms with Gasteiger partial charge in [-0.3, -0.25) is 29.5 Å². The van der Waals surface area contributed by atoms with Gasteiger partial charge in [-0.05, 0) is 109 Å². The van der Waals surface area contributed by atoms with Crippen LogP contribution in [0.5, 0.6) is 5.75 Å². The van der Waals surface area contributed by atoms with Crippen LogP contribution in [0.25, 0.3) is 0 Å². The number of halogens is 5. The number of nitrogens with one attached hydrogen (secondary N) is 1. The van der Waals surface area contributed by atoms with Gasteiger partial charge in [0.25, 0.3) is 11.8 Å². The second-order valence-corrected chi connectivity index (χ2v) is 17.0. The second-order valence-electron chi connectivity index (χ2n) is 16.1. The van der Waals surface area contributed by atoms with E-state index in [1.807, 2.05) is 49.3 Å². The Bertz CT molecular complexity index is 2730. The molecule has 0 radical (unpaired) electrons. The summed E-state index contributed by atoms with van der Waals surface area (Å²) in [5, 5.41) is 19.6. The number of aromatic hydroxyl groups is 1. The minimum Gasteiger partial charge on any atom is -0.508 e. The Hall–Kier alpha value is -6.58. The predicted octanol–water partition coefficient (Wildman–Crippen LogP) is 9.78. The number of allylic oxidation sites excluding steroid dienone is 2. The number of alkyl halides is 3. The molecule has 3 fully saturated rings. The number of aromatic nitrogens is 1. The molecule has 1 aromatic heterocycles. The highest BCUT2D eigenvalue weighted by molar-refractivity contribution is 6.33. The number of rotatable bonds is 8. The van der Waals surface area contributed by atoms with E-state index < -0.39 is 75.4 Å². The number of benzene rings is 4. The molecule has 0 unspecified atom stereocenters. The number of nitrogens with zero attached hydrogens (tertiary/aromatic N) is 6. The third kappa shape index (κ3) is 6.99. The number of imide groups is 2. The van der Waals surface area contributed by atoms with Crippen LogP contribution in [0.4, 0.5) is 41.7 Å². The van der Waals surface area contributed by atoms with Crippen molar-refractivity contribution in [1.82, 2.24) is 9.99 Å². The van der Waals surface area contributed by atoms with E-state index in [-0.39, 0.29) is 24.4 Å². The number of pyridine rings is 1. The maximum Gasteiger partial charge on any atom is 0.417 e. The van der Waals surface area contributed by atoms with Gasteiger partial charge in [-0.15, -0.1) is 0 Å². The molecule has 2 saturated heterocycles. The van der Waals surface area contributed by atoms with Gasteiger partial charge in [0.2, 0.25) is 11.8 Å². The van der Waals surface area contributed by atoms with Gasteiger partial charge in [0, 0.05) is 36.9 Å². The summed E-state index contributed by atoms with van der Waals surface area (Å²) in [4.78, 5) is 66.2. The lowest BCUT2D eigenvalue weighted by atomic mass is 9.49. The minimum atomic E-state index is -4.76. The molecule has 2 aliphatic heterocycles. The highest BCUT2D eigenvalue weighted by atomic mass is 35.5. The smallest absolute Gasteiger partial charge is 0.417 e. The Labute approximate surface area is 368 Å². The van der Waals surface area contributed by atoms with Gasteiger partial charge in [-0.1, -0.05) is 59.1 Å². The summed E-state index contributed by atoms with van der Waals surface area (Å²) >= 11 is 12.6. The second kappa shape index (κ2) is 15.6. The number of phenols is 1. The minimum absolute atomic E-state index is 0.0527. The molecule has 0 spiro atoms. The number of carbonyl (C=O) groups is 4. The molecule has 17 heteroatoms. The standard InChI is InChI=1S/C46H36Cl2F3N7O5/c1-56(2)30-13-9-28(10-14-30)53-54-29-11-15-31(16-12-29)57-41(60)34-20-19-33-35(38(34)43(57)62)22-36-42(61)58(55-40-37(48)21-26(23-52-40)46(49,50)51)44(63)45(36,25-5-7-27(47)8-6-25)39(33)24-3-17-32(59)18-4-24/h3-19,21,23,34-36,38-39,59H,20,22H2,1-2H3,(H,52,55)/t34-,35+,36-,38-,39-,45+/m0/s1. The maximum atomic E-state index is 15.3. The van der Waals surface area contributed by atoms with Crippen molar-refractivity contribution in [3.05, 3.63) is 148 Å². The molecule has 5 aromatic rings. The Balaban J connectivity index is 1.10. The summed E-state index contributed by atoms with van der Waals surface area (Å²) < 4.78 is 40.6. The average molecular weight is 895 g/mol.